The van der Waals surface area contributed by atoms with Crippen molar-refractivity contribution >= 4 is 24.0 Å². The van der Waals surface area contributed by atoms with E-state index in [0.717, 1.165) is 17.7 Å². The number of hydrogen-bond donors (Lipinski definition) is 1. The molecule has 1 amide bonds. The maximum atomic E-state index is 12.8. The van der Waals surface area contributed by atoms with Crippen LogP contribution in [0.3, 0.4) is 0 Å². The molecule has 2 aromatic carbocycles. The summed E-state index contributed by atoms with van der Waals surface area (Å²) in [6, 6.07) is 14.9. The van der Waals surface area contributed by atoms with E-state index in [-0.39, 0.29) is 30.8 Å². The van der Waals surface area contributed by atoms with Crippen LogP contribution < -0.4 is 20.1 Å². The molecule has 0 aromatic heterocycles. The average Bonchev–Trinajstić information content (AvgIpc) is 2.84. The smallest absolute Gasteiger partial charge is 0.229 e. The van der Waals surface area contributed by atoms with Crippen molar-refractivity contribution in [1.82, 2.24) is 0 Å². The van der Waals surface area contributed by atoms with Gasteiger partial charge in [-0.1, -0.05) is 36.4 Å². The average molecular weight is 363 g/mol. The van der Waals surface area contributed by atoms with E-state index in [0.29, 0.717) is 24.7 Å². The number of nitrogens with two attached hydrogens (primary N) is 1. The van der Waals surface area contributed by atoms with Crippen LogP contribution in [0, 0.1) is 0 Å². The molecule has 1 atom stereocenters. The maximum absolute atomic E-state index is 12.8. The van der Waals surface area contributed by atoms with Crippen molar-refractivity contribution in [3.05, 3.63) is 54.1 Å². The number of benzene rings is 2. The molecule has 2 N–H and O–H groups in total. The Morgan fingerprint density at radius 2 is 2.00 bits per heavy atom. The van der Waals surface area contributed by atoms with Crippen molar-refractivity contribution in [2.45, 2.75) is 18.9 Å². The molecule has 2 aromatic rings. The Morgan fingerprint density at radius 3 is 2.72 bits per heavy atom. The second-order valence-corrected chi connectivity index (χ2v) is 5.78. The third-order valence-corrected chi connectivity index (χ3v) is 4.16. The van der Waals surface area contributed by atoms with Crippen LogP contribution in [-0.4, -0.2) is 26.2 Å². The highest BCUT2D eigenvalue weighted by atomic mass is 35.5. The first kappa shape index (κ1) is 19.1. The van der Waals surface area contributed by atoms with E-state index in [2.05, 4.69) is 0 Å². The molecule has 0 spiro atoms. The third kappa shape index (κ3) is 4.24. The molecular weight excluding hydrogens is 340 g/mol. The number of carbonyl (C=O) groups excluding carboxylic acids is 1. The van der Waals surface area contributed by atoms with Gasteiger partial charge in [0.1, 0.15) is 0 Å². The third-order valence-electron chi connectivity index (χ3n) is 4.16. The van der Waals surface area contributed by atoms with Crippen molar-refractivity contribution in [3.8, 4) is 11.5 Å². The molecule has 1 unspecified atom stereocenters. The molecule has 1 aliphatic rings. The summed E-state index contributed by atoms with van der Waals surface area (Å²) >= 11 is 0. The topological polar surface area (TPSA) is 64.8 Å². The summed E-state index contributed by atoms with van der Waals surface area (Å²) in [6.07, 6.45) is 1.02. The predicted molar refractivity (Wildman–Crippen MR) is 101 cm³/mol. The SMILES string of the molecule is COc1cccc2c1OCCCN2C(=O)CC(N)c1ccccc1.Cl. The van der Waals surface area contributed by atoms with E-state index < -0.39 is 0 Å². The Labute approximate surface area is 154 Å². The van der Waals surface area contributed by atoms with Gasteiger partial charge in [-0.3, -0.25) is 4.79 Å². The highest BCUT2D eigenvalue weighted by Gasteiger charge is 2.26. The van der Waals surface area contributed by atoms with E-state index in [1.807, 2.05) is 48.5 Å². The fraction of sp³-hybridized carbons (Fsp3) is 0.316. The number of carbonyl (C=O) groups is 1. The number of fused-ring (bicyclic) bond motifs is 1. The second kappa shape index (κ2) is 8.74. The van der Waals surface area contributed by atoms with Gasteiger partial charge in [0.2, 0.25) is 5.91 Å². The molecule has 5 nitrogen and oxygen atoms in total. The first-order valence-electron chi connectivity index (χ1n) is 8.11. The Kier molecular flexibility index (Phi) is 6.67. The molecule has 6 heteroatoms. The summed E-state index contributed by atoms with van der Waals surface area (Å²) in [4.78, 5) is 14.6. The number of amides is 1. The van der Waals surface area contributed by atoms with Gasteiger partial charge < -0.3 is 20.1 Å². The van der Waals surface area contributed by atoms with Crippen molar-refractivity contribution in [3.63, 3.8) is 0 Å². The van der Waals surface area contributed by atoms with Gasteiger partial charge in [-0.05, 0) is 24.1 Å². The quantitative estimate of drug-likeness (QED) is 0.906. The number of methoxy groups -OCH3 is 1. The Bertz CT molecular complexity index is 709. The van der Waals surface area contributed by atoms with Gasteiger partial charge in [-0.2, -0.15) is 0 Å². The highest BCUT2D eigenvalue weighted by molar-refractivity contribution is 5.96. The zero-order valence-corrected chi connectivity index (χ0v) is 15.0. The van der Waals surface area contributed by atoms with Crippen LogP contribution in [-0.2, 0) is 4.79 Å². The number of para-hydroxylation sites is 1. The Morgan fingerprint density at radius 1 is 1.24 bits per heavy atom. The van der Waals surface area contributed by atoms with Crippen molar-refractivity contribution < 1.29 is 14.3 Å². The van der Waals surface area contributed by atoms with Crippen LogP contribution in [0.2, 0.25) is 0 Å². The minimum atomic E-state index is -0.322. The molecule has 1 aliphatic heterocycles. The summed E-state index contributed by atoms with van der Waals surface area (Å²) in [7, 11) is 1.60. The van der Waals surface area contributed by atoms with E-state index in [1.54, 1.807) is 12.0 Å². The van der Waals surface area contributed by atoms with Crippen LogP contribution >= 0.6 is 12.4 Å². The van der Waals surface area contributed by atoms with Crippen molar-refractivity contribution in [2.75, 3.05) is 25.2 Å². The largest absolute Gasteiger partial charge is 0.493 e. The first-order valence-corrected chi connectivity index (χ1v) is 8.11. The molecule has 0 aliphatic carbocycles. The molecule has 0 radical (unpaired) electrons. The molecule has 0 bridgehead atoms. The molecule has 0 saturated carbocycles. The van der Waals surface area contributed by atoms with Gasteiger partial charge in [-0.25, -0.2) is 0 Å². The number of rotatable bonds is 4. The minimum absolute atomic E-state index is 0. The number of anilines is 1. The lowest BCUT2D eigenvalue weighted by molar-refractivity contribution is -0.119. The van der Waals surface area contributed by atoms with Crippen LogP contribution in [0.15, 0.2) is 48.5 Å². The van der Waals surface area contributed by atoms with Gasteiger partial charge >= 0.3 is 0 Å². The van der Waals surface area contributed by atoms with Crippen LogP contribution in [0.1, 0.15) is 24.4 Å². The summed E-state index contributed by atoms with van der Waals surface area (Å²) in [6.45, 7) is 1.17. The van der Waals surface area contributed by atoms with Crippen LogP contribution in [0.4, 0.5) is 5.69 Å². The fourth-order valence-corrected chi connectivity index (χ4v) is 2.92. The van der Waals surface area contributed by atoms with Gasteiger partial charge in [0.25, 0.3) is 0 Å². The molecule has 1 heterocycles. The zero-order chi connectivity index (χ0) is 16.9. The lowest BCUT2D eigenvalue weighted by atomic mass is 10.0. The van der Waals surface area contributed by atoms with Gasteiger partial charge in [0.05, 0.1) is 19.4 Å². The molecule has 0 saturated heterocycles. The van der Waals surface area contributed by atoms with Crippen molar-refractivity contribution in [2.24, 2.45) is 5.73 Å². The summed E-state index contributed by atoms with van der Waals surface area (Å²) in [5.41, 5.74) is 7.92. The summed E-state index contributed by atoms with van der Waals surface area (Å²) < 4.78 is 11.1. The van der Waals surface area contributed by atoms with Crippen LogP contribution in [0.25, 0.3) is 0 Å². The highest BCUT2D eigenvalue weighted by Crippen LogP contribution is 2.39. The number of halogens is 1. The minimum Gasteiger partial charge on any atom is -0.493 e. The monoisotopic (exact) mass is 362 g/mol. The lowest BCUT2D eigenvalue weighted by Gasteiger charge is -2.24. The lowest BCUT2D eigenvalue weighted by Crippen LogP contribution is -2.33. The Hall–Kier alpha value is -2.24. The van der Waals surface area contributed by atoms with E-state index in [9.17, 15) is 4.79 Å². The molecule has 3 rings (SSSR count). The van der Waals surface area contributed by atoms with Crippen molar-refractivity contribution in [1.29, 1.82) is 0 Å². The van der Waals surface area contributed by atoms with Gasteiger partial charge in [0, 0.05) is 19.0 Å². The summed E-state index contributed by atoms with van der Waals surface area (Å²) in [5, 5.41) is 0. The standard InChI is InChI=1S/C19H22N2O3.ClH/c1-23-17-10-5-9-16-19(17)24-12-6-11-21(16)18(22)13-15(20)14-7-3-2-4-8-14;/h2-5,7-10,15H,6,11-13,20H2,1H3;1H. The van der Waals surface area contributed by atoms with E-state index >= 15 is 0 Å². The number of hydrogen-bond acceptors (Lipinski definition) is 4. The number of ether oxygens (including phenoxy) is 2. The van der Waals surface area contributed by atoms with Gasteiger partial charge in [0.15, 0.2) is 11.5 Å². The second-order valence-electron chi connectivity index (χ2n) is 5.78. The maximum Gasteiger partial charge on any atom is 0.229 e. The zero-order valence-electron chi connectivity index (χ0n) is 14.2. The van der Waals surface area contributed by atoms with E-state index in [4.69, 9.17) is 15.2 Å². The molecule has 25 heavy (non-hydrogen) atoms. The summed E-state index contributed by atoms with van der Waals surface area (Å²) in [5.74, 6) is 1.25. The molecule has 134 valence electrons. The van der Waals surface area contributed by atoms with E-state index in [1.165, 1.54) is 0 Å². The molecule has 0 fully saturated rings. The normalized spacial score (nSPS) is 14.4. The number of nitrogens with zero attached hydrogens (tertiary/aromatic N) is 1. The van der Waals surface area contributed by atoms with Gasteiger partial charge in [-0.15, -0.1) is 12.4 Å². The molecular formula is C19H23ClN2O3. The first-order chi connectivity index (χ1) is 11.7. The Balaban J connectivity index is 0.00000225. The van der Waals surface area contributed by atoms with Crippen LogP contribution in [0.5, 0.6) is 11.5 Å². The fourth-order valence-electron chi connectivity index (χ4n) is 2.92. The predicted octanol–water partition coefficient (Wildman–Crippen LogP) is 3.32.